The Morgan fingerprint density at radius 1 is 0.406 bits per heavy atom. The van der Waals surface area contributed by atoms with Crippen LogP contribution in [0.5, 0.6) is 0 Å². The average molecular weight is 529 g/mol. The summed E-state index contributed by atoms with van der Waals surface area (Å²) in [5.41, 5.74) is 0. The number of rotatable bonds is 16. The first kappa shape index (κ1) is 30.6. The van der Waals surface area contributed by atoms with Crippen molar-refractivity contribution in [2.45, 2.75) is 103 Å². The van der Waals surface area contributed by atoms with Crippen LogP contribution in [0.15, 0.2) is 0 Å². The van der Waals surface area contributed by atoms with E-state index in [-0.39, 0.29) is 0 Å². The molecule has 0 unspecified atom stereocenters. The van der Waals surface area contributed by atoms with Crippen molar-refractivity contribution in [1.82, 2.24) is 0 Å². The van der Waals surface area contributed by atoms with Crippen molar-refractivity contribution in [2.75, 3.05) is 28.4 Å². The third-order valence-electron chi connectivity index (χ3n) is 5.83. The summed E-state index contributed by atoms with van der Waals surface area (Å²) in [6.07, 6.45) is 7.72. The number of hydrogen-bond donors (Lipinski definition) is 0. The predicted molar refractivity (Wildman–Crippen MR) is 134 cm³/mol. The van der Waals surface area contributed by atoms with E-state index in [1.807, 2.05) is 0 Å². The van der Waals surface area contributed by atoms with Crippen LogP contribution in [-0.4, -0.2) is 63.7 Å². The molecule has 1 fully saturated rings. The average Bonchev–Trinajstić information content (AvgIpc) is 2.81. The lowest BCUT2D eigenvalue weighted by molar-refractivity contribution is 0.0354. The molecule has 0 saturated carbocycles. The Morgan fingerprint density at radius 2 is 0.594 bits per heavy atom. The lowest BCUT2D eigenvalue weighted by Crippen LogP contribution is -2.72. The molecule has 1 heterocycles. The van der Waals surface area contributed by atoms with Crippen LogP contribution in [0.2, 0.25) is 24.2 Å². The van der Waals surface area contributed by atoms with Crippen molar-refractivity contribution >= 4 is 35.2 Å². The van der Waals surface area contributed by atoms with Gasteiger partial charge in [-0.3, -0.25) is 0 Å². The Balaban J connectivity index is 3.59. The monoisotopic (exact) mass is 528 g/mol. The van der Waals surface area contributed by atoms with Crippen molar-refractivity contribution in [3.63, 3.8) is 0 Å². The first-order valence-corrected chi connectivity index (χ1v) is 20.1. The van der Waals surface area contributed by atoms with Gasteiger partial charge in [-0.15, -0.1) is 0 Å². The molecule has 8 nitrogen and oxygen atoms in total. The third kappa shape index (κ3) is 8.34. The van der Waals surface area contributed by atoms with E-state index in [4.69, 9.17) is 34.2 Å². The smallest absolute Gasteiger partial charge is 0.378 e. The molecule has 0 aliphatic carbocycles. The molecule has 0 amide bonds. The lowest BCUT2D eigenvalue weighted by Gasteiger charge is -2.49. The Morgan fingerprint density at radius 3 is 0.719 bits per heavy atom. The van der Waals surface area contributed by atoms with Gasteiger partial charge in [0.25, 0.3) is 0 Å². The third-order valence-corrected chi connectivity index (χ3v) is 22.1. The molecular formula is C20H48O8Si4. The molecule has 0 bridgehead atoms. The molecule has 0 radical (unpaired) electrons. The zero-order valence-electron chi connectivity index (χ0n) is 21.8. The molecule has 0 aromatic heterocycles. The first-order chi connectivity index (χ1) is 15.3. The summed E-state index contributed by atoms with van der Waals surface area (Å²) >= 11 is 0. The van der Waals surface area contributed by atoms with Gasteiger partial charge in [0.15, 0.2) is 0 Å². The maximum atomic E-state index is 6.86. The minimum Gasteiger partial charge on any atom is -0.378 e. The van der Waals surface area contributed by atoms with Gasteiger partial charge < -0.3 is 34.2 Å². The highest BCUT2D eigenvalue weighted by molar-refractivity contribution is 6.89. The Hall–Kier alpha value is 0.548. The second-order valence-electron chi connectivity index (χ2n) is 8.37. The summed E-state index contributed by atoms with van der Waals surface area (Å²) in [5.74, 6) is 0. The van der Waals surface area contributed by atoms with E-state index in [9.17, 15) is 0 Å². The summed E-state index contributed by atoms with van der Waals surface area (Å²) in [6.45, 7) is 8.60. The van der Waals surface area contributed by atoms with Gasteiger partial charge >= 0.3 is 35.2 Å². The van der Waals surface area contributed by atoms with E-state index in [2.05, 4.69) is 27.7 Å². The van der Waals surface area contributed by atoms with E-state index in [1.165, 1.54) is 0 Å². The van der Waals surface area contributed by atoms with Gasteiger partial charge in [0.05, 0.1) is 0 Å². The van der Waals surface area contributed by atoms with Crippen LogP contribution in [-0.2, 0) is 34.2 Å². The van der Waals surface area contributed by atoms with Crippen LogP contribution < -0.4 is 0 Å². The van der Waals surface area contributed by atoms with Crippen LogP contribution >= 0.6 is 0 Å². The summed E-state index contributed by atoms with van der Waals surface area (Å²) in [6, 6.07) is 2.71. The minimum absolute atomic E-state index is 0.678. The molecule has 1 aliphatic rings. The largest absolute Gasteiger partial charge is 0.485 e. The molecule has 0 N–H and O–H groups in total. The summed E-state index contributed by atoms with van der Waals surface area (Å²) < 4.78 is 51.8. The van der Waals surface area contributed by atoms with Crippen molar-refractivity contribution in [1.29, 1.82) is 0 Å². The zero-order chi connectivity index (χ0) is 24.1. The second kappa shape index (κ2) is 14.8. The van der Waals surface area contributed by atoms with Gasteiger partial charge in [-0.25, -0.2) is 0 Å². The van der Waals surface area contributed by atoms with Crippen LogP contribution in [0.3, 0.4) is 0 Å². The second-order valence-corrected chi connectivity index (χ2v) is 20.7. The summed E-state index contributed by atoms with van der Waals surface area (Å²) in [4.78, 5) is 0. The molecular weight excluding hydrogens is 481 g/mol. The quantitative estimate of drug-likeness (QED) is 0.239. The highest BCUT2D eigenvalue weighted by Crippen LogP contribution is 2.40. The molecule has 32 heavy (non-hydrogen) atoms. The van der Waals surface area contributed by atoms with Crippen LogP contribution in [0.25, 0.3) is 0 Å². The van der Waals surface area contributed by atoms with Gasteiger partial charge in [-0.05, 0) is 25.7 Å². The first-order valence-electron chi connectivity index (χ1n) is 12.3. The fourth-order valence-electron chi connectivity index (χ4n) is 3.75. The van der Waals surface area contributed by atoms with Crippen LogP contribution in [0.1, 0.15) is 79.1 Å². The van der Waals surface area contributed by atoms with E-state index in [0.29, 0.717) is 24.2 Å². The molecule has 0 spiro atoms. The molecule has 1 aliphatic heterocycles. The minimum atomic E-state index is -3.19. The normalized spacial score (nSPS) is 33.8. The maximum absolute atomic E-state index is 6.86. The van der Waals surface area contributed by atoms with Gasteiger partial charge in [0.1, 0.15) is 0 Å². The lowest BCUT2D eigenvalue weighted by atomic mass is 10.4. The standard InChI is InChI=1S/C20H48O8Si4/c1-9-13-17-29(21-5)25-30(22-6,18-14-10-2)27-32(24-8,20-16-12-4)28-31(23-7,26-29)19-15-11-3/h9-20H2,1-8H3. The van der Waals surface area contributed by atoms with E-state index >= 15 is 0 Å². The molecule has 1 rings (SSSR count). The van der Waals surface area contributed by atoms with Gasteiger partial charge in [-0.1, -0.05) is 53.4 Å². The van der Waals surface area contributed by atoms with Gasteiger partial charge in [0.2, 0.25) is 0 Å². The van der Waals surface area contributed by atoms with Crippen molar-refractivity contribution in [3.8, 4) is 0 Å². The topological polar surface area (TPSA) is 73.8 Å². The summed E-state index contributed by atoms with van der Waals surface area (Å²) in [7, 11) is -6.07. The zero-order valence-corrected chi connectivity index (χ0v) is 25.8. The molecule has 1 saturated heterocycles. The Kier molecular flexibility index (Phi) is 14.2. The fraction of sp³-hybridized carbons (Fsp3) is 1.00. The van der Waals surface area contributed by atoms with E-state index in [0.717, 1.165) is 51.4 Å². The maximum Gasteiger partial charge on any atom is 0.485 e. The van der Waals surface area contributed by atoms with Crippen molar-refractivity contribution in [2.24, 2.45) is 0 Å². The van der Waals surface area contributed by atoms with Gasteiger partial charge in [-0.2, -0.15) is 0 Å². The molecule has 0 aromatic rings. The van der Waals surface area contributed by atoms with Crippen molar-refractivity contribution in [3.05, 3.63) is 0 Å². The molecule has 0 aromatic carbocycles. The SMILES string of the molecule is CCCC[Si]1(OC)O[Si](CCCC)(OC)O[Si](CCCC)(OC)O[Si](CCCC)(OC)O1. The Labute approximate surface area is 201 Å². The number of unbranched alkanes of at least 4 members (excludes halogenated alkanes) is 4. The Bertz CT molecular complexity index is 418. The van der Waals surface area contributed by atoms with E-state index in [1.54, 1.807) is 28.4 Å². The van der Waals surface area contributed by atoms with Crippen molar-refractivity contribution < 1.29 is 34.2 Å². The van der Waals surface area contributed by atoms with Crippen LogP contribution in [0.4, 0.5) is 0 Å². The molecule has 192 valence electrons. The highest BCUT2D eigenvalue weighted by Gasteiger charge is 2.66. The number of hydrogen-bond acceptors (Lipinski definition) is 8. The summed E-state index contributed by atoms with van der Waals surface area (Å²) in [5, 5.41) is 0. The fourth-order valence-corrected chi connectivity index (χ4v) is 23.4. The van der Waals surface area contributed by atoms with E-state index < -0.39 is 35.2 Å². The molecule has 0 atom stereocenters. The predicted octanol–water partition coefficient (Wildman–Crippen LogP) is 5.61. The molecule has 12 heteroatoms. The van der Waals surface area contributed by atoms with Gasteiger partial charge in [0, 0.05) is 52.6 Å². The highest BCUT2D eigenvalue weighted by atomic mass is 28.6. The van der Waals surface area contributed by atoms with Crippen LogP contribution in [0, 0.1) is 0 Å².